The lowest BCUT2D eigenvalue weighted by Crippen LogP contribution is -2.38. The van der Waals surface area contributed by atoms with Gasteiger partial charge in [0.2, 0.25) is 5.91 Å². The smallest absolute Gasteiger partial charge is 0.230 e. The minimum absolute atomic E-state index is 0.209. The predicted octanol–water partition coefficient (Wildman–Crippen LogP) is 3.26. The van der Waals surface area contributed by atoms with Crippen LogP contribution in [0.2, 0.25) is 0 Å². The average Bonchev–Trinajstić information content (AvgIpc) is 2.50. The van der Waals surface area contributed by atoms with E-state index in [4.69, 9.17) is 5.73 Å². The zero-order valence-corrected chi connectivity index (χ0v) is 12.5. The van der Waals surface area contributed by atoms with Crippen molar-refractivity contribution in [2.75, 3.05) is 18.0 Å². The quantitative estimate of drug-likeness (QED) is 0.896. The fraction of sp³-hybridized carbons (Fsp3) is 0.588. The number of nitrogens with zero attached hydrogens (tertiary/aromatic N) is 1. The molecule has 0 unspecified atom stereocenters. The Kier molecular flexibility index (Phi) is 5.60. The van der Waals surface area contributed by atoms with Crippen LogP contribution in [0, 0.1) is 12.8 Å². The number of benzene rings is 1. The third kappa shape index (κ3) is 3.60. The maximum Gasteiger partial charge on any atom is 0.230 e. The monoisotopic (exact) mass is 274 g/mol. The van der Waals surface area contributed by atoms with Crippen molar-refractivity contribution in [3.05, 3.63) is 29.8 Å². The van der Waals surface area contributed by atoms with Gasteiger partial charge in [-0.2, -0.15) is 0 Å². The van der Waals surface area contributed by atoms with Crippen LogP contribution in [-0.2, 0) is 4.79 Å². The van der Waals surface area contributed by atoms with E-state index in [1.54, 1.807) is 0 Å². The average molecular weight is 274 g/mol. The van der Waals surface area contributed by atoms with Crippen LogP contribution in [0.3, 0.4) is 0 Å². The van der Waals surface area contributed by atoms with Crippen LogP contribution in [0.1, 0.15) is 44.1 Å². The molecular formula is C17H26N2O. The lowest BCUT2D eigenvalue weighted by atomic mass is 9.88. The third-order valence-corrected chi connectivity index (χ3v) is 4.21. The van der Waals surface area contributed by atoms with Gasteiger partial charge in [-0.15, -0.1) is 0 Å². The van der Waals surface area contributed by atoms with E-state index in [1.807, 2.05) is 23.1 Å². The highest BCUT2D eigenvalue weighted by Gasteiger charge is 2.27. The Bertz CT molecular complexity index is 438. The lowest BCUT2D eigenvalue weighted by Gasteiger charge is -2.30. The molecule has 0 bridgehead atoms. The van der Waals surface area contributed by atoms with E-state index in [1.165, 1.54) is 19.3 Å². The fourth-order valence-corrected chi connectivity index (χ4v) is 3.03. The molecule has 3 nitrogen and oxygen atoms in total. The predicted molar refractivity (Wildman–Crippen MR) is 83.8 cm³/mol. The summed E-state index contributed by atoms with van der Waals surface area (Å²) in [5.41, 5.74) is 7.85. The lowest BCUT2D eigenvalue weighted by molar-refractivity contribution is -0.123. The largest absolute Gasteiger partial charge is 0.330 e. The Hall–Kier alpha value is -1.35. The maximum absolute atomic E-state index is 12.8. The van der Waals surface area contributed by atoms with Gasteiger partial charge in [-0.3, -0.25) is 4.79 Å². The number of carbonyl (C=O) groups excluding carboxylic acids is 1. The van der Waals surface area contributed by atoms with Crippen LogP contribution in [0.5, 0.6) is 0 Å². The topological polar surface area (TPSA) is 46.3 Å². The molecule has 1 fully saturated rings. The summed E-state index contributed by atoms with van der Waals surface area (Å²) in [7, 11) is 0. The van der Waals surface area contributed by atoms with Crippen molar-refractivity contribution in [2.45, 2.75) is 45.4 Å². The molecule has 20 heavy (non-hydrogen) atoms. The molecule has 0 saturated heterocycles. The molecule has 3 heteroatoms. The SMILES string of the molecule is Cc1ccccc1N(CCCN)C(=O)C1CCCCC1. The van der Waals surface area contributed by atoms with Gasteiger partial charge in [0.1, 0.15) is 0 Å². The number of nitrogens with two attached hydrogens (primary N) is 1. The molecule has 0 aromatic heterocycles. The molecule has 1 saturated carbocycles. The Labute approximate surface area is 122 Å². The maximum atomic E-state index is 12.8. The first-order chi connectivity index (χ1) is 9.74. The molecule has 110 valence electrons. The molecule has 1 aromatic carbocycles. The van der Waals surface area contributed by atoms with Gasteiger partial charge >= 0.3 is 0 Å². The third-order valence-electron chi connectivity index (χ3n) is 4.21. The zero-order valence-electron chi connectivity index (χ0n) is 12.5. The van der Waals surface area contributed by atoms with Crippen LogP contribution < -0.4 is 10.6 Å². The van der Waals surface area contributed by atoms with Crippen LogP contribution in [-0.4, -0.2) is 19.0 Å². The molecule has 0 aliphatic heterocycles. The highest BCUT2D eigenvalue weighted by Crippen LogP contribution is 2.29. The Morgan fingerprint density at radius 2 is 1.95 bits per heavy atom. The first-order valence-corrected chi connectivity index (χ1v) is 7.81. The number of amides is 1. The van der Waals surface area contributed by atoms with Crippen LogP contribution in [0.4, 0.5) is 5.69 Å². The van der Waals surface area contributed by atoms with Crippen LogP contribution >= 0.6 is 0 Å². The van der Waals surface area contributed by atoms with Crippen molar-refractivity contribution in [1.82, 2.24) is 0 Å². The van der Waals surface area contributed by atoms with Crippen molar-refractivity contribution in [3.63, 3.8) is 0 Å². The van der Waals surface area contributed by atoms with E-state index >= 15 is 0 Å². The number of hydrogen-bond donors (Lipinski definition) is 1. The normalized spacial score (nSPS) is 16.1. The fourth-order valence-electron chi connectivity index (χ4n) is 3.03. The Morgan fingerprint density at radius 1 is 1.25 bits per heavy atom. The molecule has 0 atom stereocenters. The van der Waals surface area contributed by atoms with Crippen molar-refractivity contribution in [1.29, 1.82) is 0 Å². The standard InChI is InChI=1S/C17H26N2O/c1-14-8-5-6-11-16(14)19(13-7-12-18)17(20)15-9-3-2-4-10-15/h5-6,8,11,15H,2-4,7,9-10,12-13,18H2,1H3. The van der Waals surface area contributed by atoms with Crippen molar-refractivity contribution < 1.29 is 4.79 Å². The molecule has 0 radical (unpaired) electrons. The first kappa shape index (κ1) is 15.0. The number of carbonyl (C=O) groups is 1. The van der Waals surface area contributed by atoms with Crippen LogP contribution in [0.15, 0.2) is 24.3 Å². The summed E-state index contributed by atoms with van der Waals surface area (Å²) in [6, 6.07) is 8.14. The van der Waals surface area contributed by atoms with Crippen LogP contribution in [0.25, 0.3) is 0 Å². The second-order valence-electron chi connectivity index (χ2n) is 5.75. The number of para-hydroxylation sites is 1. The number of aryl methyl sites for hydroxylation is 1. The van der Waals surface area contributed by atoms with Crippen molar-refractivity contribution in [3.8, 4) is 0 Å². The first-order valence-electron chi connectivity index (χ1n) is 7.81. The molecule has 2 rings (SSSR count). The molecule has 0 heterocycles. The molecule has 1 amide bonds. The molecule has 1 aromatic rings. The van der Waals surface area contributed by atoms with E-state index in [0.717, 1.165) is 37.1 Å². The van der Waals surface area contributed by atoms with Crippen molar-refractivity contribution >= 4 is 11.6 Å². The zero-order chi connectivity index (χ0) is 14.4. The molecule has 2 N–H and O–H groups in total. The minimum Gasteiger partial charge on any atom is -0.330 e. The summed E-state index contributed by atoms with van der Waals surface area (Å²) < 4.78 is 0. The van der Waals surface area contributed by atoms with Gasteiger partial charge in [-0.05, 0) is 44.4 Å². The highest BCUT2D eigenvalue weighted by atomic mass is 16.2. The summed E-state index contributed by atoms with van der Waals surface area (Å²) in [5, 5.41) is 0. The van der Waals surface area contributed by atoms with Gasteiger partial charge in [0.15, 0.2) is 0 Å². The molecule has 0 spiro atoms. The summed E-state index contributed by atoms with van der Waals surface area (Å²) >= 11 is 0. The van der Waals surface area contributed by atoms with E-state index < -0.39 is 0 Å². The summed E-state index contributed by atoms with van der Waals surface area (Å²) in [6.45, 7) is 3.43. The van der Waals surface area contributed by atoms with Gasteiger partial charge in [0, 0.05) is 18.2 Å². The summed E-state index contributed by atoms with van der Waals surface area (Å²) in [5.74, 6) is 0.508. The molecular weight excluding hydrogens is 248 g/mol. The van der Waals surface area contributed by atoms with E-state index in [-0.39, 0.29) is 5.92 Å². The van der Waals surface area contributed by atoms with Gasteiger partial charge in [-0.25, -0.2) is 0 Å². The number of hydrogen-bond acceptors (Lipinski definition) is 2. The number of rotatable bonds is 5. The van der Waals surface area contributed by atoms with Gasteiger partial charge in [0.25, 0.3) is 0 Å². The van der Waals surface area contributed by atoms with Crippen molar-refractivity contribution in [2.24, 2.45) is 11.7 Å². The van der Waals surface area contributed by atoms with E-state index in [2.05, 4.69) is 13.0 Å². The van der Waals surface area contributed by atoms with Gasteiger partial charge < -0.3 is 10.6 Å². The Morgan fingerprint density at radius 3 is 2.60 bits per heavy atom. The minimum atomic E-state index is 0.209. The summed E-state index contributed by atoms with van der Waals surface area (Å²) in [6.07, 6.45) is 6.60. The van der Waals surface area contributed by atoms with E-state index in [0.29, 0.717) is 12.5 Å². The second kappa shape index (κ2) is 7.44. The van der Waals surface area contributed by atoms with Gasteiger partial charge in [-0.1, -0.05) is 37.5 Å². The molecule has 1 aliphatic carbocycles. The number of anilines is 1. The van der Waals surface area contributed by atoms with Gasteiger partial charge in [0.05, 0.1) is 0 Å². The Balaban J connectivity index is 2.18. The van der Waals surface area contributed by atoms with E-state index in [9.17, 15) is 4.79 Å². The highest BCUT2D eigenvalue weighted by molar-refractivity contribution is 5.95. The summed E-state index contributed by atoms with van der Waals surface area (Å²) in [4.78, 5) is 14.8. The second-order valence-corrected chi connectivity index (χ2v) is 5.75. The molecule has 1 aliphatic rings.